The number of hydrogen-bond acceptors (Lipinski definition) is 4. The third-order valence-corrected chi connectivity index (χ3v) is 3.15. The summed E-state index contributed by atoms with van der Waals surface area (Å²) in [6.07, 6.45) is -4.42. The lowest BCUT2D eigenvalue weighted by atomic mass is 10.2. The number of anilines is 1. The molecule has 1 aromatic heterocycles. The number of rotatable bonds is 5. The lowest BCUT2D eigenvalue weighted by molar-refractivity contribution is -0.135. The molecule has 0 atom stereocenters. The van der Waals surface area contributed by atoms with E-state index in [0.29, 0.717) is 23.0 Å². The first kappa shape index (κ1) is 14.1. The maximum absolute atomic E-state index is 11.8. The average Bonchev–Trinajstić information content (AvgIpc) is 2.57. The monoisotopic (exact) mass is 283 g/mol. The van der Waals surface area contributed by atoms with Gasteiger partial charge in [0.2, 0.25) is 0 Å². The second kappa shape index (κ2) is 6.07. The Morgan fingerprint density at radius 3 is 2.65 bits per heavy atom. The van der Waals surface area contributed by atoms with Gasteiger partial charge in [0.05, 0.1) is 0 Å². The van der Waals surface area contributed by atoms with Crippen LogP contribution in [0.25, 0.3) is 0 Å². The molecule has 8 heteroatoms. The van der Waals surface area contributed by atoms with Crippen LogP contribution in [0.4, 0.5) is 18.3 Å². The molecule has 3 nitrogen and oxygen atoms in total. The van der Waals surface area contributed by atoms with Gasteiger partial charge in [-0.05, 0) is 12.8 Å². The number of hydrogen-bond donors (Lipinski definition) is 1. The van der Waals surface area contributed by atoms with E-state index in [1.165, 1.54) is 0 Å². The van der Waals surface area contributed by atoms with Crippen LogP contribution in [0.1, 0.15) is 24.1 Å². The molecule has 1 aromatic rings. The molecule has 0 amide bonds. The molecule has 0 saturated heterocycles. The summed E-state index contributed by atoms with van der Waals surface area (Å²) in [7, 11) is 0. The predicted molar refractivity (Wildman–Crippen MR) is 60.2 cm³/mol. The van der Waals surface area contributed by atoms with Gasteiger partial charge in [-0.3, -0.25) is 0 Å². The van der Waals surface area contributed by atoms with Crippen molar-refractivity contribution in [2.75, 3.05) is 11.9 Å². The Morgan fingerprint density at radius 1 is 1.41 bits per heavy atom. The smallest absolute Gasteiger partial charge is 0.361 e. The SMILES string of the molecule is N#Cc1sc(NCCCCC(F)(F)F)nc1Cl. The van der Waals surface area contributed by atoms with E-state index < -0.39 is 12.6 Å². The van der Waals surface area contributed by atoms with Crippen molar-refractivity contribution in [1.82, 2.24) is 4.98 Å². The third-order valence-electron chi connectivity index (χ3n) is 1.85. The van der Waals surface area contributed by atoms with Gasteiger partial charge in [0.25, 0.3) is 0 Å². The molecule has 0 aliphatic carbocycles. The number of aromatic nitrogens is 1. The molecule has 94 valence electrons. The highest BCUT2D eigenvalue weighted by Gasteiger charge is 2.25. The largest absolute Gasteiger partial charge is 0.389 e. The van der Waals surface area contributed by atoms with Gasteiger partial charge in [0.1, 0.15) is 10.9 Å². The van der Waals surface area contributed by atoms with Crippen LogP contribution in [0.3, 0.4) is 0 Å². The number of thiazole rings is 1. The minimum Gasteiger partial charge on any atom is -0.361 e. The summed E-state index contributed by atoms with van der Waals surface area (Å²) in [6, 6.07) is 1.87. The Hall–Kier alpha value is -1.00. The molecule has 0 aliphatic heterocycles. The van der Waals surface area contributed by atoms with Crippen molar-refractivity contribution in [1.29, 1.82) is 5.26 Å². The Kier molecular flexibility index (Phi) is 5.02. The summed E-state index contributed by atoms with van der Waals surface area (Å²) in [5.74, 6) is 0. The molecule has 1 heterocycles. The summed E-state index contributed by atoms with van der Waals surface area (Å²) in [6.45, 7) is 0.380. The van der Waals surface area contributed by atoms with Crippen molar-refractivity contribution in [2.24, 2.45) is 0 Å². The molecule has 17 heavy (non-hydrogen) atoms. The molecule has 0 aromatic carbocycles. The highest BCUT2D eigenvalue weighted by atomic mass is 35.5. The van der Waals surface area contributed by atoms with Gasteiger partial charge >= 0.3 is 6.18 Å². The molecule has 1 N–H and O–H groups in total. The summed E-state index contributed by atoms with van der Waals surface area (Å²) in [5, 5.41) is 12.0. The summed E-state index contributed by atoms with van der Waals surface area (Å²) >= 11 is 6.72. The van der Waals surface area contributed by atoms with Crippen LogP contribution in [0, 0.1) is 11.3 Å². The third kappa shape index (κ3) is 5.24. The Morgan fingerprint density at radius 2 is 2.12 bits per heavy atom. The van der Waals surface area contributed by atoms with Gasteiger partial charge in [0, 0.05) is 13.0 Å². The number of alkyl halides is 3. The summed E-state index contributed by atoms with van der Waals surface area (Å²) in [4.78, 5) is 4.15. The minimum absolute atomic E-state index is 0.0702. The average molecular weight is 284 g/mol. The Labute approximate surface area is 105 Å². The van der Waals surface area contributed by atoms with Crippen LogP contribution in [-0.4, -0.2) is 17.7 Å². The lowest BCUT2D eigenvalue weighted by Crippen LogP contribution is -2.08. The zero-order valence-electron chi connectivity index (χ0n) is 8.64. The second-order valence-corrected chi connectivity index (χ2v) is 4.61. The molecule has 0 bridgehead atoms. The van der Waals surface area contributed by atoms with Crippen molar-refractivity contribution in [3.05, 3.63) is 10.0 Å². The van der Waals surface area contributed by atoms with E-state index in [-0.39, 0.29) is 11.6 Å². The highest BCUT2D eigenvalue weighted by molar-refractivity contribution is 7.16. The zero-order chi connectivity index (χ0) is 12.9. The van der Waals surface area contributed by atoms with E-state index in [4.69, 9.17) is 16.9 Å². The number of nitrogens with zero attached hydrogens (tertiary/aromatic N) is 2. The van der Waals surface area contributed by atoms with E-state index in [1.54, 1.807) is 0 Å². The molecule has 0 aliphatic rings. The molecule has 0 saturated carbocycles. The highest BCUT2D eigenvalue weighted by Crippen LogP contribution is 2.26. The molecule has 1 rings (SSSR count). The Bertz CT molecular complexity index is 411. The van der Waals surface area contributed by atoms with Crippen LogP contribution in [0.15, 0.2) is 0 Å². The van der Waals surface area contributed by atoms with Crippen molar-refractivity contribution in [2.45, 2.75) is 25.4 Å². The summed E-state index contributed by atoms with van der Waals surface area (Å²) < 4.78 is 35.5. The van der Waals surface area contributed by atoms with Crippen LogP contribution in [0.5, 0.6) is 0 Å². The van der Waals surface area contributed by atoms with Gasteiger partial charge in [-0.1, -0.05) is 22.9 Å². The van der Waals surface area contributed by atoms with Crippen LogP contribution in [-0.2, 0) is 0 Å². The quantitative estimate of drug-likeness (QED) is 0.836. The molecule has 0 radical (unpaired) electrons. The van der Waals surface area contributed by atoms with Crippen molar-refractivity contribution >= 4 is 28.1 Å². The fourth-order valence-corrected chi connectivity index (χ4v) is 2.06. The number of halogens is 4. The van der Waals surface area contributed by atoms with Crippen LogP contribution in [0.2, 0.25) is 5.15 Å². The maximum Gasteiger partial charge on any atom is 0.389 e. The van der Waals surface area contributed by atoms with E-state index in [9.17, 15) is 13.2 Å². The van der Waals surface area contributed by atoms with Gasteiger partial charge in [-0.25, -0.2) is 4.98 Å². The molecular weight excluding hydrogens is 275 g/mol. The van der Waals surface area contributed by atoms with Crippen LogP contribution < -0.4 is 5.32 Å². The fourth-order valence-electron chi connectivity index (χ4n) is 1.09. The van der Waals surface area contributed by atoms with E-state index in [0.717, 1.165) is 11.3 Å². The fraction of sp³-hybridized carbons (Fsp3) is 0.556. The number of nitriles is 1. The van der Waals surface area contributed by atoms with Gasteiger partial charge in [-0.2, -0.15) is 18.4 Å². The van der Waals surface area contributed by atoms with E-state index in [1.807, 2.05) is 6.07 Å². The minimum atomic E-state index is -4.10. The van der Waals surface area contributed by atoms with Gasteiger partial charge in [0.15, 0.2) is 10.3 Å². The van der Waals surface area contributed by atoms with Crippen molar-refractivity contribution < 1.29 is 13.2 Å². The summed E-state index contributed by atoms with van der Waals surface area (Å²) in [5.41, 5.74) is 0. The van der Waals surface area contributed by atoms with E-state index >= 15 is 0 Å². The zero-order valence-corrected chi connectivity index (χ0v) is 10.2. The Balaban J connectivity index is 2.25. The molecule has 0 spiro atoms. The van der Waals surface area contributed by atoms with Gasteiger partial charge < -0.3 is 5.32 Å². The first-order valence-corrected chi connectivity index (χ1v) is 5.99. The van der Waals surface area contributed by atoms with Crippen molar-refractivity contribution in [3.8, 4) is 6.07 Å². The topological polar surface area (TPSA) is 48.7 Å². The number of nitrogens with one attached hydrogen (secondary N) is 1. The maximum atomic E-state index is 11.8. The molecule has 0 unspecified atom stereocenters. The first-order chi connectivity index (χ1) is 7.92. The van der Waals surface area contributed by atoms with Gasteiger partial charge in [-0.15, -0.1) is 0 Å². The number of unbranched alkanes of at least 4 members (excludes halogenated alkanes) is 1. The second-order valence-electron chi connectivity index (χ2n) is 3.25. The van der Waals surface area contributed by atoms with Crippen LogP contribution >= 0.6 is 22.9 Å². The first-order valence-electron chi connectivity index (χ1n) is 4.79. The van der Waals surface area contributed by atoms with Crippen molar-refractivity contribution in [3.63, 3.8) is 0 Å². The standard InChI is InChI=1S/C9H9ClF3N3S/c10-7-6(5-14)17-8(16-7)15-4-2-1-3-9(11,12)13/h1-4H2,(H,15,16). The lowest BCUT2D eigenvalue weighted by Gasteiger charge is -2.05. The van der Waals surface area contributed by atoms with E-state index in [2.05, 4.69) is 10.3 Å². The molecule has 0 fully saturated rings. The predicted octanol–water partition coefficient (Wildman–Crippen LogP) is 3.81. The molecular formula is C9H9ClF3N3S. The normalized spacial score (nSPS) is 11.2.